The van der Waals surface area contributed by atoms with Gasteiger partial charge in [-0.25, -0.2) is 9.98 Å². The highest BCUT2D eigenvalue weighted by atomic mass is 35.5. The van der Waals surface area contributed by atoms with Gasteiger partial charge in [-0.05, 0) is 13.0 Å². The molecule has 1 atom stereocenters. The minimum atomic E-state index is -0.493. The molecule has 0 saturated carbocycles. The van der Waals surface area contributed by atoms with Crippen molar-refractivity contribution in [1.29, 1.82) is 0 Å². The van der Waals surface area contributed by atoms with E-state index in [1.165, 1.54) is 18.3 Å². The topological polar surface area (TPSA) is 63.6 Å². The molecule has 1 aliphatic heterocycles. The summed E-state index contributed by atoms with van der Waals surface area (Å²) in [5.41, 5.74) is 1.49. The van der Waals surface area contributed by atoms with Gasteiger partial charge in [-0.3, -0.25) is 4.79 Å². The van der Waals surface area contributed by atoms with Gasteiger partial charge in [0.05, 0.1) is 5.70 Å². The van der Waals surface area contributed by atoms with Crippen LogP contribution in [0.2, 0.25) is 5.02 Å². The van der Waals surface area contributed by atoms with Gasteiger partial charge in [0.15, 0.2) is 16.6 Å². The molecule has 0 saturated heterocycles. The lowest BCUT2D eigenvalue weighted by Gasteiger charge is -2.26. The van der Waals surface area contributed by atoms with E-state index in [1.807, 2.05) is 30.5 Å². The molecule has 0 radical (unpaired) electrons. The Labute approximate surface area is 142 Å². The van der Waals surface area contributed by atoms with Crippen LogP contribution in [0.25, 0.3) is 0 Å². The number of carbonyl (C=O) groups excluding carboxylic acids is 1. The van der Waals surface area contributed by atoms with Gasteiger partial charge in [-0.1, -0.05) is 29.8 Å². The van der Waals surface area contributed by atoms with Crippen LogP contribution in [0, 0.1) is 0 Å². The Morgan fingerprint density at radius 3 is 2.83 bits per heavy atom. The van der Waals surface area contributed by atoms with Gasteiger partial charge in [0.2, 0.25) is 0 Å². The van der Waals surface area contributed by atoms with Crippen LogP contribution in [0.3, 0.4) is 0 Å². The van der Waals surface area contributed by atoms with E-state index in [4.69, 9.17) is 16.3 Å². The average Bonchev–Trinajstić information content (AvgIpc) is 3.04. The molecule has 2 aromatic rings. The van der Waals surface area contributed by atoms with Gasteiger partial charge in [0, 0.05) is 29.1 Å². The third-order valence-electron chi connectivity index (χ3n) is 3.27. The molecule has 7 heteroatoms. The summed E-state index contributed by atoms with van der Waals surface area (Å²) in [5.74, 6) is 0.690. The molecule has 0 amide bonds. The van der Waals surface area contributed by atoms with Gasteiger partial charge < -0.3 is 10.1 Å². The van der Waals surface area contributed by atoms with Crippen LogP contribution in [0.1, 0.15) is 30.5 Å². The number of esters is 1. The van der Waals surface area contributed by atoms with E-state index in [2.05, 4.69) is 15.3 Å². The summed E-state index contributed by atoms with van der Waals surface area (Å²) in [7, 11) is 0. The third kappa shape index (κ3) is 3.28. The van der Waals surface area contributed by atoms with Crippen LogP contribution in [0.4, 0.5) is 0 Å². The molecule has 118 valence electrons. The van der Waals surface area contributed by atoms with Crippen molar-refractivity contribution in [2.75, 3.05) is 0 Å². The standard InChI is InChI=1S/C16H14ClN3O2S/c1-9-14(22-10(2)21)13(11-5-3-4-6-12(11)17)20-15(19-9)16-18-7-8-23-16/h3-8,13H,1-2H3,(H,19,20)/t13-/m1/s1. The third-order valence-corrected chi connectivity index (χ3v) is 4.39. The number of aromatic nitrogens is 1. The molecule has 3 rings (SSSR count). The first-order chi connectivity index (χ1) is 11.1. The number of hydrogen-bond donors (Lipinski definition) is 1. The number of ether oxygens (including phenoxy) is 1. The van der Waals surface area contributed by atoms with Crippen molar-refractivity contribution in [2.45, 2.75) is 19.9 Å². The number of amidine groups is 1. The molecule has 0 unspecified atom stereocenters. The summed E-state index contributed by atoms with van der Waals surface area (Å²) in [5, 5.41) is 6.37. The fourth-order valence-electron chi connectivity index (χ4n) is 2.31. The van der Waals surface area contributed by atoms with Gasteiger partial charge >= 0.3 is 5.97 Å². The van der Waals surface area contributed by atoms with E-state index >= 15 is 0 Å². The lowest BCUT2D eigenvalue weighted by atomic mass is 10.0. The lowest BCUT2D eigenvalue weighted by molar-refractivity contribution is -0.137. The van der Waals surface area contributed by atoms with Crippen LogP contribution in [-0.2, 0) is 9.53 Å². The Kier molecular flexibility index (Phi) is 4.45. The molecule has 2 heterocycles. The second-order valence-electron chi connectivity index (χ2n) is 4.95. The second-order valence-corrected chi connectivity index (χ2v) is 6.25. The zero-order chi connectivity index (χ0) is 16.4. The first-order valence-electron chi connectivity index (χ1n) is 6.94. The van der Waals surface area contributed by atoms with Crippen molar-refractivity contribution in [1.82, 2.24) is 10.3 Å². The number of thiazole rings is 1. The molecule has 23 heavy (non-hydrogen) atoms. The first-order valence-corrected chi connectivity index (χ1v) is 8.20. The first kappa shape index (κ1) is 15.7. The van der Waals surface area contributed by atoms with Crippen molar-refractivity contribution in [3.63, 3.8) is 0 Å². The molecule has 0 bridgehead atoms. The van der Waals surface area contributed by atoms with E-state index in [1.54, 1.807) is 12.3 Å². The maximum Gasteiger partial charge on any atom is 0.307 e. The Balaban J connectivity index is 2.09. The van der Waals surface area contributed by atoms with Crippen molar-refractivity contribution < 1.29 is 9.53 Å². The largest absolute Gasteiger partial charge is 0.427 e. The van der Waals surface area contributed by atoms with Crippen LogP contribution in [0.15, 0.2) is 52.3 Å². The molecular formula is C16H14ClN3O2S. The molecule has 1 aromatic carbocycles. The lowest BCUT2D eigenvalue weighted by Crippen LogP contribution is -2.31. The normalized spacial score (nSPS) is 17.5. The Morgan fingerprint density at radius 1 is 1.39 bits per heavy atom. The maximum absolute atomic E-state index is 11.5. The van der Waals surface area contributed by atoms with Crippen LogP contribution in [-0.4, -0.2) is 16.8 Å². The maximum atomic E-state index is 11.5. The number of benzene rings is 1. The quantitative estimate of drug-likeness (QED) is 0.860. The Morgan fingerprint density at radius 2 is 2.17 bits per heavy atom. The van der Waals surface area contributed by atoms with Crippen molar-refractivity contribution in [2.24, 2.45) is 4.99 Å². The summed E-state index contributed by atoms with van der Waals surface area (Å²) < 4.78 is 5.39. The number of hydrogen-bond acceptors (Lipinski definition) is 6. The van der Waals surface area contributed by atoms with Gasteiger partial charge in [0.1, 0.15) is 6.04 Å². The summed E-state index contributed by atoms with van der Waals surface area (Å²) in [6.07, 6.45) is 1.72. The molecule has 5 nitrogen and oxygen atoms in total. The van der Waals surface area contributed by atoms with Crippen LogP contribution >= 0.6 is 22.9 Å². The molecule has 0 spiro atoms. The molecule has 1 N–H and O–H groups in total. The Bertz CT molecular complexity index is 799. The number of rotatable bonds is 3. The summed E-state index contributed by atoms with van der Waals surface area (Å²) in [4.78, 5) is 20.4. The number of allylic oxidation sites excluding steroid dienone is 1. The number of aliphatic imine (C=N–C) groups is 1. The second kappa shape index (κ2) is 6.52. The molecule has 0 fully saturated rings. The van der Waals surface area contributed by atoms with Crippen LogP contribution < -0.4 is 5.32 Å². The molecule has 0 aliphatic carbocycles. The average molecular weight is 348 g/mol. The number of halogens is 1. The number of carbonyl (C=O) groups is 1. The van der Waals surface area contributed by atoms with E-state index in [0.29, 0.717) is 22.3 Å². The fourth-order valence-corrected chi connectivity index (χ4v) is 3.13. The minimum absolute atomic E-state index is 0.397. The Hall–Kier alpha value is -2.18. The van der Waals surface area contributed by atoms with E-state index in [0.717, 1.165) is 10.6 Å². The van der Waals surface area contributed by atoms with Crippen molar-refractivity contribution >= 4 is 34.7 Å². The smallest absolute Gasteiger partial charge is 0.307 e. The number of nitrogens with zero attached hydrogens (tertiary/aromatic N) is 2. The van der Waals surface area contributed by atoms with Crippen molar-refractivity contribution in [3.05, 3.63) is 62.9 Å². The number of nitrogens with one attached hydrogen (secondary N) is 1. The zero-order valence-corrected chi connectivity index (χ0v) is 14.1. The highest BCUT2D eigenvalue weighted by Crippen LogP contribution is 2.35. The highest BCUT2D eigenvalue weighted by Gasteiger charge is 2.29. The predicted octanol–water partition coefficient (Wildman–Crippen LogP) is 3.68. The fraction of sp³-hybridized carbons (Fsp3) is 0.188. The minimum Gasteiger partial charge on any atom is -0.427 e. The van der Waals surface area contributed by atoms with Crippen LogP contribution in [0.5, 0.6) is 0 Å². The zero-order valence-electron chi connectivity index (χ0n) is 12.5. The van der Waals surface area contributed by atoms with Crippen molar-refractivity contribution in [3.8, 4) is 0 Å². The van der Waals surface area contributed by atoms with Gasteiger partial charge in [0.25, 0.3) is 0 Å². The van der Waals surface area contributed by atoms with E-state index in [9.17, 15) is 4.79 Å². The van der Waals surface area contributed by atoms with Gasteiger partial charge in [-0.2, -0.15) is 0 Å². The van der Waals surface area contributed by atoms with E-state index < -0.39 is 12.0 Å². The summed E-state index contributed by atoms with van der Waals surface area (Å²) in [6, 6.07) is 6.90. The summed E-state index contributed by atoms with van der Waals surface area (Å²) >= 11 is 7.79. The van der Waals surface area contributed by atoms with Gasteiger partial charge in [-0.15, -0.1) is 11.3 Å². The van der Waals surface area contributed by atoms with E-state index in [-0.39, 0.29) is 0 Å². The summed E-state index contributed by atoms with van der Waals surface area (Å²) in [6.45, 7) is 3.20. The highest BCUT2D eigenvalue weighted by molar-refractivity contribution is 7.11. The molecule has 1 aliphatic rings. The monoisotopic (exact) mass is 347 g/mol. The predicted molar refractivity (Wildman–Crippen MR) is 90.4 cm³/mol. The molecular weight excluding hydrogens is 334 g/mol. The molecule has 1 aromatic heterocycles. The SMILES string of the molecule is CC(=O)OC1=C(C)NC(c2nccs2)=N[C@@H]1c1ccccc1Cl.